The van der Waals surface area contributed by atoms with Gasteiger partial charge in [0, 0.05) is 20.2 Å². The van der Waals surface area contributed by atoms with Gasteiger partial charge >= 0.3 is 12.0 Å². The molecule has 2 N–H and O–H groups in total. The third-order valence-electron chi connectivity index (χ3n) is 4.36. The number of aliphatic carboxylic acids is 1. The molecule has 2 aliphatic rings. The van der Waals surface area contributed by atoms with Crippen LogP contribution >= 0.6 is 0 Å². The monoisotopic (exact) mass is 284 g/mol. The Labute approximate surface area is 119 Å². The first kappa shape index (κ1) is 15.1. The summed E-state index contributed by atoms with van der Waals surface area (Å²) in [6.45, 7) is 2.92. The van der Waals surface area contributed by atoms with Gasteiger partial charge in [0.05, 0.1) is 18.1 Å². The first-order chi connectivity index (χ1) is 9.51. The maximum Gasteiger partial charge on any atom is 0.317 e. The average Bonchev–Trinajstić information content (AvgIpc) is 2.85. The molecule has 2 rings (SSSR count). The molecule has 1 aliphatic heterocycles. The van der Waals surface area contributed by atoms with Crippen molar-refractivity contribution in [2.75, 3.05) is 20.2 Å². The Morgan fingerprint density at radius 1 is 1.30 bits per heavy atom. The van der Waals surface area contributed by atoms with Gasteiger partial charge in [-0.25, -0.2) is 4.79 Å². The van der Waals surface area contributed by atoms with E-state index in [1.54, 1.807) is 12.0 Å². The zero-order chi connectivity index (χ0) is 14.7. The third-order valence-corrected chi connectivity index (χ3v) is 4.36. The number of ether oxygens (including phenoxy) is 1. The number of carboxylic acid groups (broad SMARTS) is 1. The molecule has 1 saturated carbocycles. The van der Waals surface area contributed by atoms with Gasteiger partial charge in [-0.05, 0) is 31.6 Å². The molecule has 0 aromatic rings. The van der Waals surface area contributed by atoms with Crippen molar-refractivity contribution in [1.82, 2.24) is 10.2 Å². The maximum atomic E-state index is 12.3. The molecule has 1 saturated heterocycles. The van der Waals surface area contributed by atoms with Crippen molar-refractivity contribution in [1.29, 1.82) is 0 Å². The summed E-state index contributed by atoms with van der Waals surface area (Å²) in [5.41, 5.74) is 0. The number of methoxy groups -OCH3 is 1. The topological polar surface area (TPSA) is 78.9 Å². The summed E-state index contributed by atoms with van der Waals surface area (Å²) in [6, 6.07) is -0.107. The number of carboxylic acids is 1. The van der Waals surface area contributed by atoms with Crippen molar-refractivity contribution in [3.63, 3.8) is 0 Å². The lowest BCUT2D eigenvalue weighted by Crippen LogP contribution is -2.53. The fourth-order valence-corrected chi connectivity index (χ4v) is 3.32. The second kappa shape index (κ2) is 6.43. The van der Waals surface area contributed by atoms with Gasteiger partial charge in [0.1, 0.15) is 0 Å². The fraction of sp³-hybridized carbons (Fsp3) is 0.857. The molecule has 20 heavy (non-hydrogen) atoms. The van der Waals surface area contributed by atoms with Crippen molar-refractivity contribution < 1.29 is 19.4 Å². The van der Waals surface area contributed by atoms with E-state index in [1.807, 2.05) is 6.92 Å². The van der Waals surface area contributed by atoms with Crippen LogP contribution < -0.4 is 5.32 Å². The van der Waals surface area contributed by atoms with Crippen LogP contribution in [0, 0.1) is 11.8 Å². The standard InChI is InChI=1S/C14H24N2O4/c1-9-6-10(13(17)18)8-16(7-9)14(19)15-11-4-3-5-12(11)20-2/h9-12H,3-8H2,1-2H3,(H,15,19)(H,17,18)/t9?,10?,11-,12-/m1/s1. The van der Waals surface area contributed by atoms with Crippen LogP contribution in [0.15, 0.2) is 0 Å². The molecule has 0 aromatic heterocycles. The van der Waals surface area contributed by atoms with Crippen LogP contribution in [0.5, 0.6) is 0 Å². The van der Waals surface area contributed by atoms with E-state index in [9.17, 15) is 9.59 Å². The van der Waals surface area contributed by atoms with Gasteiger partial charge in [0.25, 0.3) is 0 Å². The largest absolute Gasteiger partial charge is 0.481 e. The predicted molar refractivity (Wildman–Crippen MR) is 73.4 cm³/mol. The van der Waals surface area contributed by atoms with Crippen molar-refractivity contribution >= 4 is 12.0 Å². The first-order valence-electron chi connectivity index (χ1n) is 7.32. The van der Waals surface area contributed by atoms with E-state index >= 15 is 0 Å². The maximum absolute atomic E-state index is 12.3. The van der Waals surface area contributed by atoms with E-state index in [4.69, 9.17) is 9.84 Å². The molecule has 6 nitrogen and oxygen atoms in total. The van der Waals surface area contributed by atoms with E-state index in [-0.39, 0.29) is 24.1 Å². The van der Waals surface area contributed by atoms with Crippen LogP contribution in [-0.2, 0) is 9.53 Å². The summed E-state index contributed by atoms with van der Waals surface area (Å²) in [5.74, 6) is -1.05. The molecule has 0 spiro atoms. The molecular formula is C14H24N2O4. The highest BCUT2D eigenvalue weighted by atomic mass is 16.5. The average molecular weight is 284 g/mol. The molecule has 0 aromatic carbocycles. The molecule has 2 fully saturated rings. The van der Waals surface area contributed by atoms with Crippen LogP contribution in [0.4, 0.5) is 4.79 Å². The summed E-state index contributed by atoms with van der Waals surface area (Å²) < 4.78 is 5.37. The van der Waals surface area contributed by atoms with Crippen molar-refractivity contribution in [2.45, 2.75) is 44.8 Å². The summed E-state index contributed by atoms with van der Waals surface area (Å²) in [5, 5.41) is 12.1. The zero-order valence-electron chi connectivity index (χ0n) is 12.2. The Balaban J connectivity index is 1.92. The zero-order valence-corrected chi connectivity index (χ0v) is 12.2. The Bertz CT molecular complexity index is 374. The van der Waals surface area contributed by atoms with Crippen LogP contribution in [0.3, 0.4) is 0 Å². The summed E-state index contributed by atoms with van der Waals surface area (Å²) in [6.07, 6.45) is 3.67. The SMILES string of the molecule is CO[C@@H]1CCC[C@H]1NC(=O)N1CC(C)CC(C(=O)O)C1. The molecule has 0 radical (unpaired) electrons. The van der Waals surface area contributed by atoms with E-state index in [0.29, 0.717) is 19.5 Å². The summed E-state index contributed by atoms with van der Waals surface area (Å²) in [4.78, 5) is 25.1. The number of carbonyl (C=O) groups is 2. The molecule has 1 heterocycles. The fourth-order valence-electron chi connectivity index (χ4n) is 3.32. The minimum Gasteiger partial charge on any atom is -0.481 e. The lowest BCUT2D eigenvalue weighted by molar-refractivity contribution is -0.143. The molecule has 6 heteroatoms. The highest BCUT2D eigenvalue weighted by Crippen LogP contribution is 2.24. The van der Waals surface area contributed by atoms with Gasteiger partial charge in [0.2, 0.25) is 0 Å². The number of hydrogen-bond donors (Lipinski definition) is 2. The van der Waals surface area contributed by atoms with E-state index < -0.39 is 11.9 Å². The second-order valence-electron chi connectivity index (χ2n) is 6.04. The van der Waals surface area contributed by atoms with Crippen LogP contribution in [0.1, 0.15) is 32.6 Å². The number of amides is 2. The number of urea groups is 1. The Hall–Kier alpha value is -1.30. The van der Waals surface area contributed by atoms with Gasteiger partial charge < -0.3 is 20.1 Å². The number of nitrogens with zero attached hydrogens (tertiary/aromatic N) is 1. The van der Waals surface area contributed by atoms with Crippen molar-refractivity contribution in [3.05, 3.63) is 0 Å². The molecule has 2 unspecified atom stereocenters. The quantitative estimate of drug-likeness (QED) is 0.819. The summed E-state index contributed by atoms with van der Waals surface area (Å²) in [7, 11) is 1.67. The molecule has 2 amide bonds. The third kappa shape index (κ3) is 3.42. The van der Waals surface area contributed by atoms with Gasteiger partial charge in [-0.15, -0.1) is 0 Å². The molecule has 1 aliphatic carbocycles. The molecular weight excluding hydrogens is 260 g/mol. The smallest absolute Gasteiger partial charge is 0.317 e. The molecule has 4 atom stereocenters. The molecule has 0 bridgehead atoms. The van der Waals surface area contributed by atoms with E-state index in [1.165, 1.54) is 0 Å². The van der Waals surface area contributed by atoms with Crippen LogP contribution in [-0.4, -0.2) is 54.4 Å². The number of nitrogens with one attached hydrogen (secondary N) is 1. The van der Waals surface area contributed by atoms with Crippen LogP contribution in [0.2, 0.25) is 0 Å². The number of rotatable bonds is 3. The van der Waals surface area contributed by atoms with E-state index in [2.05, 4.69) is 5.32 Å². The van der Waals surface area contributed by atoms with Gasteiger partial charge in [-0.2, -0.15) is 0 Å². The minimum atomic E-state index is -0.815. The number of carbonyl (C=O) groups excluding carboxylic acids is 1. The van der Waals surface area contributed by atoms with Crippen molar-refractivity contribution in [2.24, 2.45) is 11.8 Å². The first-order valence-corrected chi connectivity index (χ1v) is 7.32. The van der Waals surface area contributed by atoms with Crippen molar-refractivity contribution in [3.8, 4) is 0 Å². The second-order valence-corrected chi connectivity index (χ2v) is 6.04. The minimum absolute atomic E-state index is 0.0491. The highest BCUT2D eigenvalue weighted by Gasteiger charge is 2.34. The number of hydrogen-bond acceptors (Lipinski definition) is 3. The number of piperidine rings is 1. The Kier molecular flexibility index (Phi) is 4.86. The predicted octanol–water partition coefficient (Wildman–Crippen LogP) is 1.31. The van der Waals surface area contributed by atoms with Gasteiger partial charge in [-0.3, -0.25) is 4.79 Å². The summed E-state index contributed by atoms with van der Waals surface area (Å²) >= 11 is 0. The van der Waals surface area contributed by atoms with E-state index in [0.717, 1.165) is 19.3 Å². The lowest BCUT2D eigenvalue weighted by Gasteiger charge is -2.35. The van der Waals surface area contributed by atoms with Gasteiger partial charge in [-0.1, -0.05) is 6.92 Å². The van der Waals surface area contributed by atoms with Gasteiger partial charge in [0.15, 0.2) is 0 Å². The normalized spacial score (nSPS) is 34.0. The Morgan fingerprint density at radius 3 is 2.70 bits per heavy atom. The highest BCUT2D eigenvalue weighted by molar-refractivity contribution is 5.77. The lowest BCUT2D eigenvalue weighted by atomic mass is 9.91. The Morgan fingerprint density at radius 2 is 2.05 bits per heavy atom. The number of likely N-dealkylation sites (tertiary alicyclic amines) is 1. The van der Waals surface area contributed by atoms with Crippen LogP contribution in [0.25, 0.3) is 0 Å². The molecule has 114 valence electrons.